The number of hydrogen-bond donors (Lipinski definition) is 1. The van der Waals surface area contributed by atoms with Gasteiger partial charge in [0.25, 0.3) is 0 Å². The smallest absolute Gasteiger partial charge is 0.0766 e. The summed E-state index contributed by atoms with van der Waals surface area (Å²) in [6.45, 7) is 7.65. The van der Waals surface area contributed by atoms with Crippen molar-refractivity contribution in [2.75, 3.05) is 25.0 Å². The monoisotopic (exact) mass is 269 g/mol. The Balaban J connectivity index is 1.68. The van der Waals surface area contributed by atoms with Crippen LogP contribution in [0.15, 0.2) is 24.3 Å². The molecule has 3 aliphatic rings. The minimum absolute atomic E-state index is 0.409. The summed E-state index contributed by atoms with van der Waals surface area (Å²) in [5.41, 5.74) is 1.86. The average molecular weight is 269 g/mol. The molecule has 0 aliphatic carbocycles. The van der Waals surface area contributed by atoms with Gasteiger partial charge in [0, 0.05) is 18.3 Å². The molecule has 1 N–H and O–H groups in total. The van der Waals surface area contributed by atoms with Crippen LogP contribution < -0.4 is 5.32 Å². The fourth-order valence-corrected chi connectivity index (χ4v) is 3.39. The molecule has 3 heterocycles. The van der Waals surface area contributed by atoms with E-state index >= 15 is 0 Å². The van der Waals surface area contributed by atoms with Crippen LogP contribution in [0.5, 0.6) is 0 Å². The van der Waals surface area contributed by atoms with E-state index in [1.54, 1.807) is 0 Å². The maximum absolute atomic E-state index is 9.18. The van der Waals surface area contributed by atoms with Gasteiger partial charge >= 0.3 is 0 Å². The quantitative estimate of drug-likeness (QED) is 0.917. The van der Waals surface area contributed by atoms with Crippen molar-refractivity contribution < 1.29 is 0 Å². The van der Waals surface area contributed by atoms with Crippen molar-refractivity contribution in [3.05, 3.63) is 29.8 Å². The van der Waals surface area contributed by atoms with Gasteiger partial charge < -0.3 is 10.2 Å². The Morgan fingerprint density at radius 3 is 2.35 bits per heavy atom. The molecule has 3 nitrogen and oxygen atoms in total. The third-order valence-electron chi connectivity index (χ3n) is 4.89. The molecule has 106 valence electrons. The van der Waals surface area contributed by atoms with Crippen molar-refractivity contribution in [3.63, 3.8) is 0 Å². The summed E-state index contributed by atoms with van der Waals surface area (Å²) in [6.07, 6.45) is 2.66. The Morgan fingerprint density at radius 2 is 1.85 bits per heavy atom. The topological polar surface area (TPSA) is 39.1 Å². The highest BCUT2D eigenvalue weighted by molar-refractivity contribution is 5.48. The second kappa shape index (κ2) is 5.10. The summed E-state index contributed by atoms with van der Waals surface area (Å²) in [5, 5.41) is 12.9. The summed E-state index contributed by atoms with van der Waals surface area (Å²) in [6, 6.07) is 11.3. The molecule has 1 atom stereocenters. The molecule has 20 heavy (non-hydrogen) atoms. The van der Waals surface area contributed by atoms with Gasteiger partial charge in [-0.3, -0.25) is 0 Å². The van der Waals surface area contributed by atoms with Crippen LogP contribution in [-0.2, 0) is 5.41 Å². The normalized spacial score (nSPS) is 28.9. The minimum Gasteiger partial charge on any atom is -0.381 e. The number of nitrogens with one attached hydrogen (secondary N) is 1. The van der Waals surface area contributed by atoms with Gasteiger partial charge in [-0.15, -0.1) is 0 Å². The van der Waals surface area contributed by atoms with E-state index in [-0.39, 0.29) is 0 Å². The SMILES string of the molecule is CC(C)(C#N)c1ccc(NC2CN3CCC2CC3)cc1. The van der Waals surface area contributed by atoms with Gasteiger partial charge in [0.15, 0.2) is 0 Å². The lowest BCUT2D eigenvalue weighted by molar-refractivity contribution is 0.0975. The molecule has 1 aromatic carbocycles. The molecule has 2 bridgehead atoms. The zero-order valence-corrected chi connectivity index (χ0v) is 12.4. The van der Waals surface area contributed by atoms with Gasteiger partial charge in [-0.1, -0.05) is 12.1 Å². The third-order valence-corrected chi connectivity index (χ3v) is 4.89. The number of benzene rings is 1. The first kappa shape index (κ1) is 13.5. The van der Waals surface area contributed by atoms with E-state index in [1.165, 1.54) is 38.2 Å². The van der Waals surface area contributed by atoms with Crippen molar-refractivity contribution in [1.82, 2.24) is 4.90 Å². The maximum Gasteiger partial charge on any atom is 0.0766 e. The summed E-state index contributed by atoms with van der Waals surface area (Å²) < 4.78 is 0. The molecule has 0 aromatic heterocycles. The molecule has 1 aromatic rings. The third kappa shape index (κ3) is 2.53. The Bertz CT molecular complexity index is 504. The molecule has 0 spiro atoms. The first-order chi connectivity index (χ1) is 9.58. The van der Waals surface area contributed by atoms with E-state index in [4.69, 9.17) is 0 Å². The van der Waals surface area contributed by atoms with Crippen molar-refractivity contribution in [3.8, 4) is 6.07 Å². The lowest BCUT2D eigenvalue weighted by Crippen LogP contribution is -2.53. The summed E-state index contributed by atoms with van der Waals surface area (Å²) in [4.78, 5) is 2.56. The lowest BCUT2D eigenvalue weighted by Gasteiger charge is -2.45. The number of rotatable bonds is 3. The summed E-state index contributed by atoms with van der Waals surface area (Å²) in [7, 11) is 0. The van der Waals surface area contributed by atoms with Gasteiger partial charge in [0.2, 0.25) is 0 Å². The molecular formula is C17H23N3. The maximum atomic E-state index is 9.18. The number of fused-ring (bicyclic) bond motifs is 3. The fourth-order valence-electron chi connectivity index (χ4n) is 3.39. The van der Waals surface area contributed by atoms with Crippen LogP contribution in [-0.4, -0.2) is 30.6 Å². The molecule has 3 heteroatoms. The first-order valence-corrected chi connectivity index (χ1v) is 7.59. The Hall–Kier alpha value is -1.53. The highest BCUT2D eigenvalue weighted by Gasteiger charge is 2.33. The second-order valence-corrected chi connectivity index (χ2v) is 6.70. The summed E-state index contributed by atoms with van der Waals surface area (Å²) in [5.74, 6) is 0.829. The van der Waals surface area contributed by atoms with Crippen molar-refractivity contribution in [2.24, 2.45) is 5.92 Å². The molecule has 0 radical (unpaired) electrons. The average Bonchev–Trinajstić information content (AvgIpc) is 2.49. The van der Waals surface area contributed by atoms with Crippen molar-refractivity contribution >= 4 is 5.69 Å². The molecule has 1 unspecified atom stereocenters. The number of nitriles is 1. The Morgan fingerprint density at radius 1 is 1.20 bits per heavy atom. The van der Waals surface area contributed by atoms with Crippen molar-refractivity contribution in [2.45, 2.75) is 38.1 Å². The van der Waals surface area contributed by atoms with Crippen LogP contribution in [0.3, 0.4) is 0 Å². The molecule has 3 aliphatic heterocycles. The zero-order valence-electron chi connectivity index (χ0n) is 12.4. The molecule has 4 rings (SSSR count). The van der Waals surface area contributed by atoms with Gasteiger partial charge in [0.1, 0.15) is 0 Å². The Kier molecular flexibility index (Phi) is 3.43. The van der Waals surface area contributed by atoms with Crippen molar-refractivity contribution in [1.29, 1.82) is 5.26 Å². The second-order valence-electron chi connectivity index (χ2n) is 6.70. The number of anilines is 1. The van der Waals surface area contributed by atoms with Gasteiger partial charge in [0.05, 0.1) is 11.5 Å². The standard InChI is InChI=1S/C17H23N3/c1-17(2,12-18)14-3-5-15(6-4-14)19-16-11-20-9-7-13(16)8-10-20/h3-6,13,16,19H,7-11H2,1-2H3. The minimum atomic E-state index is -0.409. The molecule has 3 fully saturated rings. The van der Waals surface area contributed by atoms with Gasteiger partial charge in [-0.2, -0.15) is 5.26 Å². The summed E-state index contributed by atoms with van der Waals surface area (Å²) >= 11 is 0. The number of hydrogen-bond acceptors (Lipinski definition) is 3. The van der Waals surface area contributed by atoms with Crippen LogP contribution in [0.25, 0.3) is 0 Å². The van der Waals surface area contributed by atoms with Crippen LogP contribution >= 0.6 is 0 Å². The van der Waals surface area contributed by atoms with E-state index in [0.29, 0.717) is 6.04 Å². The van der Waals surface area contributed by atoms with E-state index in [2.05, 4.69) is 40.6 Å². The van der Waals surface area contributed by atoms with Crippen LogP contribution in [0.1, 0.15) is 32.3 Å². The largest absolute Gasteiger partial charge is 0.381 e. The molecule has 3 saturated heterocycles. The predicted molar refractivity (Wildman–Crippen MR) is 81.7 cm³/mol. The van der Waals surface area contributed by atoms with Gasteiger partial charge in [-0.25, -0.2) is 0 Å². The lowest BCUT2D eigenvalue weighted by atomic mass is 9.83. The molecule has 0 saturated carbocycles. The van der Waals surface area contributed by atoms with Crippen LogP contribution in [0.4, 0.5) is 5.69 Å². The molecule has 0 amide bonds. The van der Waals surface area contributed by atoms with Crippen LogP contribution in [0.2, 0.25) is 0 Å². The van der Waals surface area contributed by atoms with Gasteiger partial charge in [-0.05, 0) is 63.4 Å². The highest BCUT2D eigenvalue weighted by Crippen LogP contribution is 2.30. The molecular weight excluding hydrogens is 246 g/mol. The number of nitrogens with zero attached hydrogens (tertiary/aromatic N) is 2. The van der Waals surface area contributed by atoms with E-state index in [0.717, 1.165) is 11.5 Å². The first-order valence-electron chi connectivity index (χ1n) is 7.59. The van der Waals surface area contributed by atoms with E-state index in [9.17, 15) is 5.26 Å². The van der Waals surface area contributed by atoms with Crippen LogP contribution in [0, 0.1) is 17.2 Å². The fraction of sp³-hybridized carbons (Fsp3) is 0.588. The highest BCUT2D eigenvalue weighted by atomic mass is 15.2. The zero-order chi connectivity index (χ0) is 14.2. The predicted octanol–water partition coefficient (Wildman–Crippen LogP) is 2.99. The number of piperidine rings is 3. The van der Waals surface area contributed by atoms with E-state index in [1.807, 2.05) is 13.8 Å². The Labute approximate surface area is 121 Å². The van der Waals surface area contributed by atoms with E-state index < -0.39 is 5.41 Å².